The first kappa shape index (κ1) is 12.7. The predicted molar refractivity (Wildman–Crippen MR) is 75.8 cm³/mol. The van der Waals surface area contributed by atoms with Crippen molar-refractivity contribution in [2.45, 2.75) is 0 Å². The Morgan fingerprint density at radius 2 is 2.00 bits per heavy atom. The number of nitrogens with zero attached hydrogens (tertiary/aromatic N) is 1. The van der Waals surface area contributed by atoms with Crippen molar-refractivity contribution in [2.24, 2.45) is 0 Å². The second-order valence-electron chi connectivity index (χ2n) is 4.18. The molecule has 0 fully saturated rings. The maximum Gasteiger partial charge on any atom is 0.341 e. The van der Waals surface area contributed by atoms with Gasteiger partial charge in [-0.3, -0.25) is 0 Å². The number of hydrogen-bond donors (Lipinski definition) is 0. The molecule has 0 saturated carbocycles. The highest BCUT2D eigenvalue weighted by atomic mass is 35.5. The Kier molecular flexibility index (Phi) is 3.16. The summed E-state index contributed by atoms with van der Waals surface area (Å²) in [6.07, 6.45) is 0. The van der Waals surface area contributed by atoms with Crippen molar-refractivity contribution >= 4 is 28.7 Å². The topological polar surface area (TPSA) is 52.3 Å². The van der Waals surface area contributed by atoms with Crippen molar-refractivity contribution in [3.05, 3.63) is 53.1 Å². The number of aromatic nitrogens is 1. The third-order valence-corrected chi connectivity index (χ3v) is 3.10. The molecule has 0 saturated heterocycles. The van der Waals surface area contributed by atoms with Crippen LogP contribution in [0.15, 0.2) is 46.9 Å². The summed E-state index contributed by atoms with van der Waals surface area (Å²) in [5.74, 6) is -0.0683. The van der Waals surface area contributed by atoms with Crippen LogP contribution in [-0.4, -0.2) is 18.1 Å². The summed E-state index contributed by atoms with van der Waals surface area (Å²) in [7, 11) is 1.31. The van der Waals surface area contributed by atoms with Gasteiger partial charge in [-0.2, -0.15) is 0 Å². The summed E-state index contributed by atoms with van der Waals surface area (Å²) in [5.41, 5.74) is 2.00. The molecule has 0 bridgehead atoms. The number of fused-ring (bicyclic) bond motifs is 1. The highest BCUT2D eigenvalue weighted by Gasteiger charge is 2.18. The highest BCUT2D eigenvalue weighted by Crippen LogP contribution is 2.29. The van der Waals surface area contributed by atoms with E-state index in [4.69, 9.17) is 20.8 Å². The standard InChI is InChI=1S/C15H10ClNO3/c1-19-15(18)11-7-10(16)8-12-13(11)20-14(17-12)9-5-3-2-4-6-9/h2-8H,1H3. The van der Waals surface area contributed by atoms with Crippen molar-refractivity contribution in [2.75, 3.05) is 7.11 Å². The summed E-state index contributed by atoms with van der Waals surface area (Å²) < 4.78 is 10.4. The summed E-state index contributed by atoms with van der Waals surface area (Å²) in [4.78, 5) is 16.1. The van der Waals surface area contributed by atoms with E-state index in [1.807, 2.05) is 30.3 Å². The van der Waals surface area contributed by atoms with Crippen molar-refractivity contribution in [1.82, 2.24) is 4.98 Å². The van der Waals surface area contributed by atoms with Gasteiger partial charge in [-0.1, -0.05) is 29.8 Å². The number of oxazole rings is 1. The number of esters is 1. The number of halogens is 1. The Morgan fingerprint density at radius 3 is 2.70 bits per heavy atom. The molecule has 1 heterocycles. The monoisotopic (exact) mass is 287 g/mol. The largest absolute Gasteiger partial charge is 0.465 e. The Labute approximate surface area is 119 Å². The van der Waals surface area contributed by atoms with Crippen LogP contribution in [0.3, 0.4) is 0 Å². The average molecular weight is 288 g/mol. The van der Waals surface area contributed by atoms with Crippen LogP contribution in [0.2, 0.25) is 5.02 Å². The summed E-state index contributed by atoms with van der Waals surface area (Å²) in [6, 6.07) is 12.6. The van der Waals surface area contributed by atoms with Gasteiger partial charge in [-0.15, -0.1) is 0 Å². The van der Waals surface area contributed by atoms with E-state index in [9.17, 15) is 4.79 Å². The smallest absolute Gasteiger partial charge is 0.341 e. The third kappa shape index (κ3) is 2.14. The number of hydrogen-bond acceptors (Lipinski definition) is 4. The fourth-order valence-corrected chi connectivity index (χ4v) is 2.18. The van der Waals surface area contributed by atoms with Gasteiger partial charge in [0.15, 0.2) is 5.58 Å². The molecule has 0 spiro atoms. The first-order valence-electron chi connectivity index (χ1n) is 5.93. The minimum Gasteiger partial charge on any atom is -0.465 e. The molecule has 20 heavy (non-hydrogen) atoms. The third-order valence-electron chi connectivity index (χ3n) is 2.88. The minimum absolute atomic E-state index is 0.268. The van der Waals surface area contributed by atoms with Crippen LogP contribution >= 0.6 is 11.6 Å². The summed E-state index contributed by atoms with van der Waals surface area (Å²) in [5, 5.41) is 0.408. The fourth-order valence-electron chi connectivity index (χ4n) is 1.96. The van der Waals surface area contributed by atoms with E-state index in [1.165, 1.54) is 13.2 Å². The van der Waals surface area contributed by atoms with Crippen LogP contribution in [0.5, 0.6) is 0 Å². The molecule has 0 unspecified atom stereocenters. The molecule has 0 aliphatic carbocycles. The number of ether oxygens (including phenoxy) is 1. The molecule has 4 nitrogen and oxygen atoms in total. The molecule has 0 aliphatic heterocycles. The molecule has 0 N–H and O–H groups in total. The number of carbonyl (C=O) groups excluding carboxylic acids is 1. The Morgan fingerprint density at radius 1 is 1.25 bits per heavy atom. The summed E-state index contributed by atoms with van der Waals surface area (Å²) in [6.45, 7) is 0. The molecule has 3 rings (SSSR count). The average Bonchev–Trinajstić information content (AvgIpc) is 2.90. The van der Waals surface area contributed by atoms with Gasteiger partial charge in [-0.25, -0.2) is 9.78 Å². The molecule has 0 radical (unpaired) electrons. The SMILES string of the molecule is COC(=O)c1cc(Cl)cc2nc(-c3ccccc3)oc12. The molecule has 1 aromatic heterocycles. The lowest BCUT2D eigenvalue weighted by Crippen LogP contribution is -2.01. The molecule has 0 aliphatic rings. The number of methoxy groups -OCH3 is 1. The summed E-state index contributed by atoms with van der Waals surface area (Å²) >= 11 is 5.99. The second kappa shape index (κ2) is 4.98. The van der Waals surface area contributed by atoms with Crippen molar-refractivity contribution in [3.63, 3.8) is 0 Å². The quantitative estimate of drug-likeness (QED) is 0.670. The van der Waals surface area contributed by atoms with E-state index < -0.39 is 5.97 Å². The lowest BCUT2D eigenvalue weighted by Gasteiger charge is -1.99. The molecular weight excluding hydrogens is 278 g/mol. The van der Waals surface area contributed by atoms with Crippen LogP contribution in [0, 0.1) is 0 Å². The minimum atomic E-state index is -0.506. The van der Waals surface area contributed by atoms with Crippen molar-refractivity contribution in [1.29, 1.82) is 0 Å². The van der Waals surface area contributed by atoms with Gasteiger partial charge in [0.1, 0.15) is 11.1 Å². The van der Waals surface area contributed by atoms with Gasteiger partial charge < -0.3 is 9.15 Å². The van der Waals surface area contributed by atoms with E-state index in [-0.39, 0.29) is 5.56 Å². The van der Waals surface area contributed by atoms with Gasteiger partial charge in [-0.05, 0) is 24.3 Å². The van der Waals surface area contributed by atoms with Crippen molar-refractivity contribution < 1.29 is 13.9 Å². The zero-order valence-electron chi connectivity index (χ0n) is 10.6. The Balaban J connectivity index is 2.23. The number of rotatable bonds is 2. The van der Waals surface area contributed by atoms with Gasteiger partial charge in [0.25, 0.3) is 0 Å². The van der Waals surface area contributed by atoms with Gasteiger partial charge in [0, 0.05) is 10.6 Å². The van der Waals surface area contributed by atoms with E-state index in [1.54, 1.807) is 6.07 Å². The van der Waals surface area contributed by atoms with E-state index >= 15 is 0 Å². The van der Waals surface area contributed by atoms with Gasteiger partial charge in [0.05, 0.1) is 7.11 Å². The molecule has 2 aromatic carbocycles. The number of carbonyl (C=O) groups is 1. The molecule has 100 valence electrons. The van der Waals surface area contributed by atoms with E-state index in [0.29, 0.717) is 22.0 Å². The maximum atomic E-state index is 11.8. The zero-order valence-corrected chi connectivity index (χ0v) is 11.3. The van der Waals surface area contributed by atoms with E-state index in [2.05, 4.69) is 4.98 Å². The highest BCUT2D eigenvalue weighted by molar-refractivity contribution is 6.31. The normalized spacial score (nSPS) is 10.7. The second-order valence-corrected chi connectivity index (χ2v) is 4.61. The maximum absolute atomic E-state index is 11.8. The van der Waals surface area contributed by atoms with Gasteiger partial charge in [0.2, 0.25) is 5.89 Å². The zero-order chi connectivity index (χ0) is 14.1. The Bertz CT molecular complexity index is 780. The van der Waals surface area contributed by atoms with Crippen LogP contribution in [0.4, 0.5) is 0 Å². The molecular formula is C15H10ClNO3. The van der Waals surface area contributed by atoms with Crippen LogP contribution in [0.1, 0.15) is 10.4 Å². The first-order chi connectivity index (χ1) is 9.69. The predicted octanol–water partition coefficient (Wildman–Crippen LogP) is 3.93. The lowest BCUT2D eigenvalue weighted by atomic mass is 10.2. The molecule has 3 aromatic rings. The molecule has 5 heteroatoms. The van der Waals surface area contributed by atoms with E-state index in [0.717, 1.165) is 5.56 Å². The van der Waals surface area contributed by atoms with Gasteiger partial charge >= 0.3 is 5.97 Å². The number of benzene rings is 2. The van der Waals surface area contributed by atoms with Crippen LogP contribution in [-0.2, 0) is 4.74 Å². The first-order valence-corrected chi connectivity index (χ1v) is 6.30. The molecule has 0 atom stereocenters. The Hall–Kier alpha value is -2.33. The fraction of sp³-hybridized carbons (Fsp3) is 0.0667. The van der Waals surface area contributed by atoms with Crippen LogP contribution < -0.4 is 0 Å². The van der Waals surface area contributed by atoms with Crippen LogP contribution in [0.25, 0.3) is 22.6 Å². The molecule has 0 amide bonds. The van der Waals surface area contributed by atoms with Crippen molar-refractivity contribution in [3.8, 4) is 11.5 Å². The lowest BCUT2D eigenvalue weighted by molar-refractivity contribution is 0.0602.